The van der Waals surface area contributed by atoms with Crippen molar-refractivity contribution in [1.82, 2.24) is 9.13 Å². The van der Waals surface area contributed by atoms with Crippen LogP contribution in [0.25, 0.3) is 99.5 Å². The second kappa shape index (κ2) is 22.4. The topological polar surface area (TPSA) is 16.3 Å². The summed E-state index contributed by atoms with van der Waals surface area (Å²) in [4.78, 5) is 5.16. The van der Waals surface area contributed by atoms with Crippen molar-refractivity contribution in [2.24, 2.45) is 5.41 Å². The van der Waals surface area contributed by atoms with Crippen LogP contribution in [0.1, 0.15) is 81.7 Å². The summed E-state index contributed by atoms with van der Waals surface area (Å²) in [5.41, 5.74) is 26.3. The molecule has 96 heavy (non-hydrogen) atoms. The molecule has 0 aliphatic carbocycles. The van der Waals surface area contributed by atoms with Crippen molar-refractivity contribution in [2.75, 3.05) is 9.80 Å². The molecule has 2 aliphatic heterocycles. The van der Waals surface area contributed by atoms with Gasteiger partial charge in [0.05, 0.1) is 33.4 Å². The molecule has 13 aromatic carbocycles. The first-order valence-corrected chi connectivity index (χ1v) is 33.9. The van der Waals surface area contributed by atoms with E-state index in [1.165, 1.54) is 32.7 Å². The Kier molecular flexibility index (Phi) is 13.2. The van der Waals surface area contributed by atoms with Gasteiger partial charge in [0.1, 0.15) is 0 Å². The van der Waals surface area contributed by atoms with Crippen LogP contribution in [0.3, 0.4) is 0 Å². The number of anilines is 6. The normalized spacial score (nSPS) is 13.5. The van der Waals surface area contributed by atoms with Crippen molar-refractivity contribution in [2.45, 2.75) is 79.5 Å². The number of rotatable bonds is 9. The summed E-state index contributed by atoms with van der Waals surface area (Å²) in [6.45, 7) is 19.7. The molecule has 17 rings (SSSR count). The standard InChI is InChI=1S/C91H77BN4/c1-89(2,3)58-59-50-84-86-85(51-59)96(88-74(62-34-18-12-19-35-62)54-65(91(7,8)9)55-75(88)63-36-20-13-21-37-63)83-57-67(94-80-44-28-24-40-70(80)71-41-25-29-45-81(71)94)47-49-77(83)92(86)76-48-46-66(93-78-42-26-22-38-68(78)69-39-23-27-43-79(69)93)56-82(76)95(84)87-72(60-30-14-10-15-31-60)52-64(90(4,5)6)53-73(87)61-32-16-11-17-33-61/h10-57H,58H2,1-9H3/i58D2. The molecule has 4 heterocycles. The van der Waals surface area contributed by atoms with Crippen molar-refractivity contribution in [3.05, 3.63) is 308 Å². The Bertz CT molecular complexity index is 5110. The minimum absolute atomic E-state index is 0.236. The summed E-state index contributed by atoms with van der Waals surface area (Å²) >= 11 is 0. The average molecular weight is 1240 g/mol. The van der Waals surface area contributed by atoms with E-state index in [-0.39, 0.29) is 17.5 Å². The van der Waals surface area contributed by atoms with Crippen molar-refractivity contribution < 1.29 is 2.74 Å². The number of nitrogens with zero attached hydrogens (tertiary/aromatic N) is 4. The summed E-state index contributed by atoms with van der Waals surface area (Å²) in [7, 11) is 0. The van der Waals surface area contributed by atoms with Crippen molar-refractivity contribution in [1.29, 1.82) is 0 Å². The van der Waals surface area contributed by atoms with Gasteiger partial charge in [-0.05, 0) is 163 Å². The molecule has 464 valence electrons. The highest BCUT2D eigenvalue weighted by Gasteiger charge is 2.46. The zero-order valence-electron chi connectivity index (χ0n) is 58.1. The van der Waals surface area contributed by atoms with E-state index in [1.54, 1.807) is 0 Å². The lowest BCUT2D eigenvalue weighted by molar-refractivity contribution is 0.411. The van der Waals surface area contributed by atoms with Crippen molar-refractivity contribution in [3.63, 3.8) is 0 Å². The quantitative estimate of drug-likeness (QED) is 0.134. The molecule has 0 saturated carbocycles. The number of aromatic nitrogens is 2. The Morgan fingerprint density at radius 1 is 0.312 bits per heavy atom. The summed E-state index contributed by atoms with van der Waals surface area (Å²) in [5.74, 6) is 0. The number of benzene rings is 13. The Hall–Kier alpha value is -10.9. The predicted octanol–water partition coefficient (Wildman–Crippen LogP) is 22.8. The first-order valence-electron chi connectivity index (χ1n) is 34.9. The lowest BCUT2D eigenvalue weighted by Gasteiger charge is -2.46. The van der Waals surface area contributed by atoms with E-state index in [2.05, 4.69) is 372 Å². The fraction of sp³-hybridized carbons (Fsp3) is 0.143. The van der Waals surface area contributed by atoms with Crippen molar-refractivity contribution in [3.8, 4) is 55.9 Å². The molecular weight excluding hydrogens is 1160 g/mol. The van der Waals surface area contributed by atoms with Gasteiger partial charge in [0.15, 0.2) is 0 Å². The molecule has 4 nitrogen and oxygen atoms in total. The highest BCUT2D eigenvalue weighted by atomic mass is 15.2. The molecule has 0 amide bonds. The monoisotopic (exact) mass is 1240 g/mol. The second-order valence-corrected chi connectivity index (χ2v) is 29.4. The number of para-hydroxylation sites is 4. The molecule has 2 aromatic heterocycles. The van der Waals surface area contributed by atoms with E-state index < -0.39 is 11.8 Å². The maximum Gasteiger partial charge on any atom is 0.252 e. The highest BCUT2D eigenvalue weighted by molar-refractivity contribution is 7.00. The lowest BCUT2D eigenvalue weighted by Crippen LogP contribution is -2.61. The summed E-state index contributed by atoms with van der Waals surface area (Å²) < 4.78 is 26.5. The third-order valence-corrected chi connectivity index (χ3v) is 20.0. The van der Waals surface area contributed by atoms with Crippen LogP contribution in [-0.4, -0.2) is 15.8 Å². The fourth-order valence-corrected chi connectivity index (χ4v) is 15.6. The molecule has 0 fully saturated rings. The molecule has 0 unspecified atom stereocenters. The molecule has 0 radical (unpaired) electrons. The lowest BCUT2D eigenvalue weighted by atomic mass is 9.33. The molecule has 2 aliphatic rings. The maximum absolute atomic E-state index is 10.8. The molecule has 15 aromatic rings. The smallest absolute Gasteiger partial charge is 0.252 e. The summed E-state index contributed by atoms with van der Waals surface area (Å²) in [5, 5.41) is 4.77. The van der Waals surface area contributed by atoms with Crippen LogP contribution in [0, 0.1) is 5.41 Å². The number of hydrogen-bond donors (Lipinski definition) is 0. The Morgan fingerprint density at radius 2 is 0.604 bits per heavy atom. The van der Waals surface area contributed by atoms with Gasteiger partial charge >= 0.3 is 0 Å². The first kappa shape index (κ1) is 56.6. The molecule has 0 N–H and O–H groups in total. The van der Waals surface area contributed by atoms with Gasteiger partial charge in [-0.2, -0.15) is 0 Å². The molecular formula is C91H77BN4. The fourth-order valence-electron chi connectivity index (χ4n) is 15.6. The predicted molar refractivity (Wildman–Crippen MR) is 411 cm³/mol. The second-order valence-electron chi connectivity index (χ2n) is 29.4. The Balaban J connectivity index is 1.09. The largest absolute Gasteiger partial charge is 0.310 e. The van der Waals surface area contributed by atoms with Crippen LogP contribution in [0.2, 0.25) is 0 Å². The van der Waals surface area contributed by atoms with Crippen LogP contribution in [0.15, 0.2) is 291 Å². The van der Waals surface area contributed by atoms with Gasteiger partial charge in [-0.1, -0.05) is 269 Å². The van der Waals surface area contributed by atoms with Crippen LogP contribution in [-0.2, 0) is 17.2 Å². The third kappa shape index (κ3) is 9.72. The first-order chi connectivity index (χ1) is 47.3. The van der Waals surface area contributed by atoms with Crippen LogP contribution < -0.4 is 26.2 Å². The van der Waals surface area contributed by atoms with E-state index in [9.17, 15) is 2.74 Å². The molecule has 0 bridgehead atoms. The number of hydrogen-bond acceptors (Lipinski definition) is 2. The average Bonchev–Trinajstić information content (AvgIpc) is 0.823. The van der Waals surface area contributed by atoms with Crippen LogP contribution in [0.5, 0.6) is 0 Å². The SMILES string of the molecule is [2H]C([2H])(c1cc2c3c(c1)N(c1c(-c4ccccc4)cc(C(C)(C)C)cc1-c1ccccc1)c1cc(-n4c5ccccc5c5ccccc54)ccc1B3c1ccc(-n3c4ccccc4c4ccccc43)cc1N2c1c(-c2ccccc2)cc(C(C)(C)C)cc1-c1ccccc1)C(C)(C)C. The molecule has 0 atom stereocenters. The van der Waals surface area contributed by atoms with Gasteiger partial charge < -0.3 is 18.9 Å². The van der Waals surface area contributed by atoms with E-state index in [1.807, 2.05) is 0 Å². The highest BCUT2D eigenvalue weighted by Crippen LogP contribution is 2.55. The number of fused-ring (bicyclic) bond motifs is 10. The van der Waals surface area contributed by atoms with Gasteiger partial charge in [-0.3, -0.25) is 0 Å². The third-order valence-electron chi connectivity index (χ3n) is 20.0. The Morgan fingerprint density at radius 3 is 0.896 bits per heavy atom. The van der Waals surface area contributed by atoms with Gasteiger partial charge in [-0.15, -0.1) is 0 Å². The van der Waals surface area contributed by atoms with Gasteiger partial charge in [-0.25, -0.2) is 0 Å². The summed E-state index contributed by atoms with van der Waals surface area (Å²) in [6, 6.07) is 108. The van der Waals surface area contributed by atoms with Gasteiger partial charge in [0.2, 0.25) is 0 Å². The van der Waals surface area contributed by atoms with E-state index >= 15 is 0 Å². The van der Waals surface area contributed by atoms with E-state index in [0.717, 1.165) is 128 Å². The molecule has 0 spiro atoms. The van der Waals surface area contributed by atoms with Crippen molar-refractivity contribution >= 4 is 101 Å². The zero-order chi connectivity index (χ0) is 67.1. The van der Waals surface area contributed by atoms with Crippen LogP contribution in [0.4, 0.5) is 34.1 Å². The van der Waals surface area contributed by atoms with Gasteiger partial charge in [0.25, 0.3) is 6.71 Å². The minimum atomic E-state index is -1.87. The summed E-state index contributed by atoms with van der Waals surface area (Å²) in [6.07, 6.45) is -1.87. The maximum atomic E-state index is 10.8. The van der Waals surface area contributed by atoms with Crippen LogP contribution >= 0.6 is 0 Å². The van der Waals surface area contributed by atoms with E-state index in [0.29, 0.717) is 5.56 Å². The Labute approximate surface area is 567 Å². The zero-order valence-corrected chi connectivity index (χ0v) is 56.1. The van der Waals surface area contributed by atoms with E-state index in [4.69, 9.17) is 0 Å². The van der Waals surface area contributed by atoms with Gasteiger partial charge in [0, 0.05) is 80.7 Å². The molecule has 5 heteroatoms. The molecule has 0 saturated heterocycles. The minimum Gasteiger partial charge on any atom is -0.310 e.